The van der Waals surface area contributed by atoms with Crippen LogP contribution in [0.25, 0.3) is 0 Å². The van der Waals surface area contributed by atoms with Crippen molar-refractivity contribution in [2.24, 2.45) is 0 Å². The molecule has 1 aromatic carbocycles. The zero-order chi connectivity index (χ0) is 15.3. The van der Waals surface area contributed by atoms with Crippen molar-refractivity contribution < 1.29 is 13.5 Å². The van der Waals surface area contributed by atoms with Crippen LogP contribution in [0.1, 0.15) is 12.0 Å². The van der Waals surface area contributed by atoms with E-state index in [0.717, 1.165) is 0 Å². The standard InChI is InChI=1S/C13H12ClN3O3S/c14-11-9-10(3-1-2-8-18)4-5-12(11)21(19,20)17-13-15-6-7-16-13/h4-7,9,18H,2,8H2,(H2,15,16,17). The highest BCUT2D eigenvalue weighted by atomic mass is 35.5. The van der Waals surface area contributed by atoms with E-state index in [1.807, 2.05) is 0 Å². The highest BCUT2D eigenvalue weighted by molar-refractivity contribution is 7.92. The molecule has 0 radical (unpaired) electrons. The van der Waals surface area contributed by atoms with Crippen LogP contribution in [-0.4, -0.2) is 30.1 Å². The van der Waals surface area contributed by atoms with Gasteiger partial charge in [-0.2, -0.15) is 0 Å². The van der Waals surface area contributed by atoms with Crippen LogP contribution in [0.4, 0.5) is 5.95 Å². The fourth-order valence-electron chi connectivity index (χ4n) is 1.52. The molecule has 0 aliphatic heterocycles. The zero-order valence-corrected chi connectivity index (χ0v) is 12.4. The first-order valence-electron chi connectivity index (χ1n) is 5.94. The summed E-state index contributed by atoms with van der Waals surface area (Å²) in [6, 6.07) is 4.38. The minimum atomic E-state index is -3.82. The average Bonchev–Trinajstić information content (AvgIpc) is 2.91. The SMILES string of the molecule is O=S(=O)(Nc1ncc[nH]1)c1ccc(C#CCCO)cc1Cl. The largest absolute Gasteiger partial charge is 0.395 e. The normalized spacial score (nSPS) is 10.8. The lowest BCUT2D eigenvalue weighted by atomic mass is 10.2. The van der Waals surface area contributed by atoms with E-state index in [-0.39, 0.29) is 22.5 Å². The minimum absolute atomic E-state index is 0.0275. The maximum Gasteiger partial charge on any atom is 0.265 e. The van der Waals surface area contributed by atoms with Crippen molar-refractivity contribution in [2.75, 3.05) is 11.3 Å². The molecule has 0 unspecified atom stereocenters. The molecule has 0 bridgehead atoms. The van der Waals surface area contributed by atoms with E-state index in [1.165, 1.54) is 24.5 Å². The van der Waals surface area contributed by atoms with Gasteiger partial charge in [-0.15, -0.1) is 0 Å². The summed E-state index contributed by atoms with van der Waals surface area (Å²) in [4.78, 5) is 6.37. The summed E-state index contributed by atoms with van der Waals surface area (Å²) in [6.45, 7) is -0.0275. The molecule has 3 N–H and O–H groups in total. The Kier molecular flexibility index (Phi) is 4.85. The summed E-state index contributed by atoms with van der Waals surface area (Å²) in [5.74, 6) is 5.63. The number of hydrogen-bond donors (Lipinski definition) is 3. The third kappa shape index (κ3) is 3.98. The summed E-state index contributed by atoms with van der Waals surface area (Å²) >= 11 is 6.00. The molecule has 0 aliphatic carbocycles. The number of nitrogens with one attached hydrogen (secondary N) is 2. The Labute approximate surface area is 127 Å². The van der Waals surface area contributed by atoms with Crippen LogP contribution in [0.2, 0.25) is 5.02 Å². The van der Waals surface area contributed by atoms with Gasteiger partial charge in [0.2, 0.25) is 5.95 Å². The molecule has 1 heterocycles. The average molecular weight is 326 g/mol. The van der Waals surface area contributed by atoms with Crippen molar-refractivity contribution in [3.05, 3.63) is 41.2 Å². The van der Waals surface area contributed by atoms with Crippen molar-refractivity contribution >= 4 is 27.6 Å². The Hall–Kier alpha value is -2.01. The second kappa shape index (κ2) is 6.63. The van der Waals surface area contributed by atoms with Gasteiger partial charge in [0.15, 0.2) is 0 Å². The number of aliphatic hydroxyl groups is 1. The van der Waals surface area contributed by atoms with Crippen molar-refractivity contribution in [3.8, 4) is 11.8 Å². The van der Waals surface area contributed by atoms with E-state index < -0.39 is 10.0 Å². The van der Waals surface area contributed by atoms with E-state index in [4.69, 9.17) is 16.7 Å². The number of aromatic nitrogens is 2. The lowest BCUT2D eigenvalue weighted by molar-refractivity contribution is 0.305. The zero-order valence-electron chi connectivity index (χ0n) is 10.8. The van der Waals surface area contributed by atoms with Crippen LogP contribution in [0.15, 0.2) is 35.5 Å². The monoisotopic (exact) mass is 325 g/mol. The second-order valence-corrected chi connectivity index (χ2v) is 6.02. The van der Waals surface area contributed by atoms with Gasteiger partial charge in [-0.25, -0.2) is 18.1 Å². The van der Waals surface area contributed by atoms with Gasteiger partial charge in [-0.1, -0.05) is 23.4 Å². The van der Waals surface area contributed by atoms with Crippen molar-refractivity contribution in [1.82, 2.24) is 9.97 Å². The molecule has 0 amide bonds. The maximum atomic E-state index is 12.2. The molecule has 0 atom stereocenters. The van der Waals surface area contributed by atoms with Gasteiger partial charge in [0.05, 0.1) is 11.6 Å². The van der Waals surface area contributed by atoms with E-state index in [2.05, 4.69) is 26.5 Å². The topological polar surface area (TPSA) is 95.1 Å². The summed E-state index contributed by atoms with van der Waals surface area (Å²) in [5.41, 5.74) is 0.574. The number of imidazole rings is 1. The molecule has 0 fully saturated rings. The lowest BCUT2D eigenvalue weighted by Gasteiger charge is -2.07. The second-order valence-electron chi connectivity index (χ2n) is 3.96. The van der Waals surface area contributed by atoms with E-state index in [1.54, 1.807) is 6.07 Å². The predicted molar refractivity (Wildman–Crippen MR) is 79.4 cm³/mol. The number of sulfonamides is 1. The third-order valence-corrected chi connectivity index (χ3v) is 4.24. The van der Waals surface area contributed by atoms with E-state index >= 15 is 0 Å². The molecular weight excluding hydrogens is 314 g/mol. The quantitative estimate of drug-likeness (QED) is 0.744. The van der Waals surface area contributed by atoms with Crippen LogP contribution >= 0.6 is 11.6 Å². The van der Waals surface area contributed by atoms with Gasteiger partial charge in [0, 0.05) is 24.4 Å². The van der Waals surface area contributed by atoms with E-state index in [0.29, 0.717) is 12.0 Å². The molecule has 1 aromatic heterocycles. The molecule has 0 spiro atoms. The summed E-state index contributed by atoms with van der Waals surface area (Å²) < 4.78 is 26.6. The Balaban J connectivity index is 2.26. The molecule has 2 aromatic rings. The number of anilines is 1. The number of rotatable bonds is 4. The molecule has 21 heavy (non-hydrogen) atoms. The van der Waals surface area contributed by atoms with Gasteiger partial charge in [0.25, 0.3) is 10.0 Å². The third-order valence-electron chi connectivity index (χ3n) is 2.42. The summed E-state index contributed by atoms with van der Waals surface area (Å²) in [7, 11) is -3.82. The van der Waals surface area contributed by atoms with Gasteiger partial charge in [-0.3, -0.25) is 0 Å². The fraction of sp³-hybridized carbons (Fsp3) is 0.154. The first-order valence-corrected chi connectivity index (χ1v) is 7.80. The van der Waals surface area contributed by atoms with Gasteiger partial charge < -0.3 is 10.1 Å². The van der Waals surface area contributed by atoms with Gasteiger partial charge in [-0.05, 0) is 18.2 Å². The van der Waals surface area contributed by atoms with Crippen LogP contribution in [0.3, 0.4) is 0 Å². The summed E-state index contributed by atoms with van der Waals surface area (Å²) in [5, 5.41) is 8.71. The minimum Gasteiger partial charge on any atom is -0.395 e. The van der Waals surface area contributed by atoms with Crippen LogP contribution < -0.4 is 4.72 Å². The highest BCUT2D eigenvalue weighted by Gasteiger charge is 2.19. The number of halogens is 1. The van der Waals surface area contributed by atoms with Crippen LogP contribution in [0.5, 0.6) is 0 Å². The number of nitrogens with zero attached hydrogens (tertiary/aromatic N) is 1. The van der Waals surface area contributed by atoms with E-state index in [9.17, 15) is 8.42 Å². The van der Waals surface area contributed by atoms with Crippen LogP contribution in [0, 0.1) is 11.8 Å². The first kappa shape index (κ1) is 15.4. The Morgan fingerprint density at radius 3 is 2.86 bits per heavy atom. The number of benzene rings is 1. The predicted octanol–water partition coefficient (Wildman–Crippen LogP) is 1.60. The molecule has 8 heteroatoms. The Bertz CT molecular complexity index is 777. The smallest absolute Gasteiger partial charge is 0.265 e. The lowest BCUT2D eigenvalue weighted by Crippen LogP contribution is -2.14. The number of aromatic amines is 1. The molecule has 0 saturated heterocycles. The molecule has 2 rings (SSSR count). The number of aliphatic hydroxyl groups excluding tert-OH is 1. The van der Waals surface area contributed by atoms with Crippen molar-refractivity contribution in [1.29, 1.82) is 0 Å². The number of hydrogen-bond acceptors (Lipinski definition) is 4. The Morgan fingerprint density at radius 1 is 1.43 bits per heavy atom. The summed E-state index contributed by atoms with van der Waals surface area (Å²) in [6.07, 6.45) is 3.27. The number of H-pyrrole nitrogens is 1. The Morgan fingerprint density at radius 2 is 2.24 bits per heavy atom. The van der Waals surface area contributed by atoms with Crippen LogP contribution in [-0.2, 0) is 10.0 Å². The van der Waals surface area contributed by atoms with Crippen molar-refractivity contribution in [3.63, 3.8) is 0 Å². The molecule has 0 saturated carbocycles. The van der Waals surface area contributed by atoms with Gasteiger partial charge in [0.1, 0.15) is 4.90 Å². The van der Waals surface area contributed by atoms with Gasteiger partial charge >= 0.3 is 0 Å². The van der Waals surface area contributed by atoms with Crippen molar-refractivity contribution in [2.45, 2.75) is 11.3 Å². The first-order chi connectivity index (χ1) is 10.0. The highest BCUT2D eigenvalue weighted by Crippen LogP contribution is 2.23. The maximum absolute atomic E-state index is 12.2. The molecule has 6 nitrogen and oxygen atoms in total. The fourth-order valence-corrected chi connectivity index (χ4v) is 3.04. The molecule has 110 valence electrons. The molecule has 0 aliphatic rings. The molecular formula is C13H12ClN3O3S.